The molecule has 2 N–H and O–H groups in total. The van der Waals surface area contributed by atoms with Crippen LogP contribution in [0.4, 0.5) is 18.9 Å². The highest BCUT2D eigenvalue weighted by atomic mass is 19.4. The summed E-state index contributed by atoms with van der Waals surface area (Å²) in [5.74, 6) is -1.06. The van der Waals surface area contributed by atoms with E-state index in [1.165, 1.54) is 19.1 Å². The van der Waals surface area contributed by atoms with Crippen LogP contribution in [0.15, 0.2) is 36.4 Å². The number of carbonyl (C=O) groups excluding carboxylic acids is 2. The SMILES string of the molecule is CC(=O)Oc1cc(NCc2cc(C(F)(F)F)ccc2O)ccc1C(=O)OC1CC2CCC1(C)C2(C)C. The Morgan fingerprint density at radius 3 is 2.44 bits per heavy atom. The van der Waals surface area contributed by atoms with E-state index in [-0.39, 0.29) is 46.1 Å². The van der Waals surface area contributed by atoms with Crippen molar-refractivity contribution in [3.63, 3.8) is 0 Å². The normalized spacial score (nSPS) is 24.4. The van der Waals surface area contributed by atoms with Crippen molar-refractivity contribution in [1.29, 1.82) is 0 Å². The standard InChI is InChI=1S/C27H30F3NO5/c1-15(32)35-22-13-19(31-14-16-11-18(27(28,29)30)5-8-21(16)33)6-7-20(22)24(34)36-23-12-17-9-10-26(23,4)25(17,2)3/h5-8,11,13,17,23,31,33H,9-10,12,14H2,1-4H3. The van der Waals surface area contributed by atoms with Crippen LogP contribution in [0.1, 0.15) is 68.4 Å². The van der Waals surface area contributed by atoms with Crippen LogP contribution in [0.3, 0.4) is 0 Å². The van der Waals surface area contributed by atoms with Gasteiger partial charge in [0.1, 0.15) is 23.2 Å². The van der Waals surface area contributed by atoms with Crippen molar-refractivity contribution >= 4 is 17.6 Å². The van der Waals surface area contributed by atoms with E-state index in [0.29, 0.717) is 11.6 Å². The van der Waals surface area contributed by atoms with Crippen molar-refractivity contribution in [2.75, 3.05) is 5.32 Å². The van der Waals surface area contributed by atoms with E-state index in [0.717, 1.165) is 37.5 Å². The molecule has 0 amide bonds. The van der Waals surface area contributed by atoms with Gasteiger partial charge in [-0.25, -0.2) is 4.79 Å². The fourth-order valence-corrected chi connectivity index (χ4v) is 5.64. The van der Waals surface area contributed by atoms with Gasteiger partial charge in [-0.15, -0.1) is 0 Å². The zero-order valence-electron chi connectivity index (χ0n) is 20.7. The van der Waals surface area contributed by atoms with Gasteiger partial charge in [0.2, 0.25) is 0 Å². The molecule has 2 aliphatic carbocycles. The summed E-state index contributed by atoms with van der Waals surface area (Å²) >= 11 is 0. The summed E-state index contributed by atoms with van der Waals surface area (Å²) in [5, 5.41) is 12.9. The van der Waals surface area contributed by atoms with Crippen LogP contribution in [0.25, 0.3) is 0 Å². The fraction of sp³-hybridized carbons (Fsp3) is 0.481. The highest BCUT2D eigenvalue weighted by molar-refractivity contribution is 5.94. The Hall–Kier alpha value is -3.23. The Bertz CT molecular complexity index is 1190. The summed E-state index contributed by atoms with van der Waals surface area (Å²) < 4.78 is 50.3. The molecular weight excluding hydrogens is 475 g/mol. The number of rotatable bonds is 6. The van der Waals surface area contributed by atoms with Crippen molar-refractivity contribution in [1.82, 2.24) is 0 Å². The third-order valence-corrected chi connectivity index (χ3v) is 8.31. The van der Waals surface area contributed by atoms with E-state index < -0.39 is 23.7 Å². The topological polar surface area (TPSA) is 84.9 Å². The molecule has 36 heavy (non-hydrogen) atoms. The Morgan fingerprint density at radius 1 is 1.14 bits per heavy atom. The first-order valence-electron chi connectivity index (χ1n) is 11.9. The van der Waals surface area contributed by atoms with Crippen molar-refractivity contribution in [2.45, 2.75) is 65.8 Å². The van der Waals surface area contributed by atoms with Gasteiger partial charge in [-0.05, 0) is 60.9 Å². The number of anilines is 1. The molecular formula is C27H30F3NO5. The van der Waals surface area contributed by atoms with Gasteiger partial charge in [-0.1, -0.05) is 20.8 Å². The summed E-state index contributed by atoms with van der Waals surface area (Å²) in [6.07, 6.45) is -1.91. The van der Waals surface area contributed by atoms with E-state index in [1.54, 1.807) is 6.07 Å². The number of phenols is 1. The van der Waals surface area contributed by atoms with Gasteiger partial charge in [0, 0.05) is 36.2 Å². The largest absolute Gasteiger partial charge is 0.508 e. The first kappa shape index (κ1) is 25.9. The van der Waals surface area contributed by atoms with Gasteiger partial charge < -0.3 is 19.9 Å². The molecule has 2 fully saturated rings. The summed E-state index contributed by atoms with van der Waals surface area (Å²) in [4.78, 5) is 24.8. The van der Waals surface area contributed by atoms with Crippen LogP contribution < -0.4 is 10.1 Å². The number of hydrogen-bond acceptors (Lipinski definition) is 6. The fourth-order valence-electron chi connectivity index (χ4n) is 5.64. The number of phenolic OH excluding ortho intramolecular Hbond substituents is 1. The quantitative estimate of drug-likeness (QED) is 0.353. The van der Waals surface area contributed by atoms with Crippen LogP contribution >= 0.6 is 0 Å². The van der Waals surface area contributed by atoms with Gasteiger partial charge in [-0.2, -0.15) is 13.2 Å². The second kappa shape index (κ2) is 9.01. The molecule has 2 bridgehead atoms. The predicted octanol–water partition coefficient (Wildman–Crippen LogP) is 6.32. The monoisotopic (exact) mass is 505 g/mol. The van der Waals surface area contributed by atoms with Crippen LogP contribution in [0.5, 0.6) is 11.5 Å². The molecule has 0 spiro atoms. The van der Waals surface area contributed by atoms with Crippen molar-refractivity contribution in [3.05, 3.63) is 53.1 Å². The minimum atomic E-state index is -4.54. The van der Waals surface area contributed by atoms with Gasteiger partial charge >= 0.3 is 18.1 Å². The molecule has 0 heterocycles. The number of benzene rings is 2. The highest BCUT2D eigenvalue weighted by Gasteiger charge is 2.62. The average Bonchev–Trinajstić information content (AvgIpc) is 3.11. The molecule has 3 unspecified atom stereocenters. The van der Waals surface area contributed by atoms with E-state index in [1.807, 2.05) is 0 Å². The van der Waals surface area contributed by atoms with Crippen LogP contribution in [-0.4, -0.2) is 23.1 Å². The molecule has 0 aliphatic heterocycles. The lowest BCUT2D eigenvalue weighted by molar-refractivity contribution is -0.137. The number of nitrogens with one attached hydrogen (secondary N) is 1. The minimum Gasteiger partial charge on any atom is -0.508 e. The maximum atomic E-state index is 13.1. The van der Waals surface area contributed by atoms with E-state index in [4.69, 9.17) is 9.47 Å². The minimum absolute atomic E-state index is 0.0154. The molecule has 6 nitrogen and oxygen atoms in total. The smallest absolute Gasteiger partial charge is 0.416 e. The molecule has 3 atom stereocenters. The van der Waals surface area contributed by atoms with Gasteiger partial charge in [-0.3, -0.25) is 4.79 Å². The summed E-state index contributed by atoms with van der Waals surface area (Å²) in [6.45, 7) is 7.66. The number of esters is 2. The number of carbonyl (C=O) groups is 2. The third-order valence-electron chi connectivity index (χ3n) is 8.31. The second-order valence-electron chi connectivity index (χ2n) is 10.5. The Kier molecular flexibility index (Phi) is 6.47. The Labute approximate surface area is 207 Å². The lowest BCUT2D eigenvalue weighted by Gasteiger charge is -2.38. The van der Waals surface area contributed by atoms with Crippen LogP contribution in [0.2, 0.25) is 0 Å². The molecule has 2 saturated carbocycles. The summed E-state index contributed by atoms with van der Waals surface area (Å²) in [6, 6.07) is 7.06. The third kappa shape index (κ3) is 4.63. The molecule has 194 valence electrons. The summed E-state index contributed by atoms with van der Waals surface area (Å²) in [5.41, 5.74) is -0.458. The lowest BCUT2D eigenvalue weighted by atomic mass is 9.70. The van der Waals surface area contributed by atoms with Gasteiger partial charge in [0.05, 0.1) is 5.56 Å². The van der Waals surface area contributed by atoms with Gasteiger partial charge in [0.15, 0.2) is 0 Å². The molecule has 0 saturated heterocycles. The molecule has 2 aliphatic rings. The second-order valence-corrected chi connectivity index (χ2v) is 10.5. The molecule has 2 aromatic carbocycles. The number of aromatic hydroxyl groups is 1. The zero-order chi connectivity index (χ0) is 26.5. The summed E-state index contributed by atoms with van der Waals surface area (Å²) in [7, 11) is 0. The number of ether oxygens (including phenoxy) is 2. The Morgan fingerprint density at radius 2 is 1.86 bits per heavy atom. The van der Waals surface area contributed by atoms with Crippen molar-refractivity contribution < 1.29 is 37.3 Å². The van der Waals surface area contributed by atoms with Crippen LogP contribution in [-0.2, 0) is 22.3 Å². The number of hydrogen-bond donors (Lipinski definition) is 2. The predicted molar refractivity (Wildman–Crippen MR) is 127 cm³/mol. The number of halogens is 3. The number of fused-ring (bicyclic) bond motifs is 2. The molecule has 9 heteroatoms. The highest BCUT2D eigenvalue weighted by Crippen LogP contribution is 2.66. The molecule has 0 aromatic heterocycles. The van der Waals surface area contributed by atoms with Crippen LogP contribution in [0, 0.1) is 16.7 Å². The molecule has 2 aromatic rings. The van der Waals surface area contributed by atoms with Gasteiger partial charge in [0.25, 0.3) is 0 Å². The zero-order valence-corrected chi connectivity index (χ0v) is 20.7. The first-order valence-corrected chi connectivity index (χ1v) is 11.9. The average molecular weight is 506 g/mol. The van der Waals surface area contributed by atoms with E-state index in [9.17, 15) is 27.9 Å². The van der Waals surface area contributed by atoms with E-state index >= 15 is 0 Å². The maximum Gasteiger partial charge on any atom is 0.416 e. The molecule has 0 radical (unpaired) electrons. The lowest BCUT2D eigenvalue weighted by Crippen LogP contribution is -2.38. The Balaban J connectivity index is 1.52. The van der Waals surface area contributed by atoms with E-state index in [2.05, 4.69) is 26.1 Å². The van der Waals surface area contributed by atoms with Crippen molar-refractivity contribution in [2.24, 2.45) is 16.7 Å². The molecule has 4 rings (SSSR count). The first-order chi connectivity index (χ1) is 16.7. The van der Waals surface area contributed by atoms with Crippen molar-refractivity contribution in [3.8, 4) is 11.5 Å². The number of alkyl halides is 3. The maximum absolute atomic E-state index is 13.1.